The molecule has 122 valence electrons. The lowest BCUT2D eigenvalue weighted by Crippen LogP contribution is -2.49. The third-order valence-electron chi connectivity index (χ3n) is 4.58. The average Bonchev–Trinajstić information content (AvgIpc) is 3.29. The van der Waals surface area contributed by atoms with Gasteiger partial charge in [-0.1, -0.05) is 12.2 Å². The molecule has 6 heteroatoms. The van der Waals surface area contributed by atoms with Gasteiger partial charge in [-0.2, -0.15) is 0 Å². The Kier molecular flexibility index (Phi) is 4.78. The van der Waals surface area contributed by atoms with Gasteiger partial charge < -0.3 is 20.5 Å². The minimum atomic E-state index is -0.491. The maximum Gasteiger partial charge on any atom is 0.223 e. The van der Waals surface area contributed by atoms with Crippen molar-refractivity contribution in [1.29, 1.82) is 0 Å². The molecular formula is C16H24N2O4. The molecule has 0 saturated heterocycles. The minimum Gasteiger partial charge on any atom is -0.394 e. The van der Waals surface area contributed by atoms with Gasteiger partial charge in [0.15, 0.2) is 0 Å². The fraction of sp³-hybridized carbons (Fsp3) is 0.750. The van der Waals surface area contributed by atoms with Crippen LogP contribution in [0.3, 0.4) is 0 Å². The first-order valence-corrected chi connectivity index (χ1v) is 8.20. The van der Waals surface area contributed by atoms with E-state index in [0.717, 1.165) is 25.7 Å². The van der Waals surface area contributed by atoms with Crippen LogP contribution in [0.1, 0.15) is 38.5 Å². The van der Waals surface area contributed by atoms with Crippen LogP contribution in [0.4, 0.5) is 0 Å². The van der Waals surface area contributed by atoms with Crippen LogP contribution in [0.15, 0.2) is 12.2 Å². The van der Waals surface area contributed by atoms with Crippen molar-refractivity contribution in [2.75, 3.05) is 6.61 Å². The van der Waals surface area contributed by atoms with Gasteiger partial charge in [0.05, 0.1) is 25.2 Å². The number of nitrogens with one attached hydrogen (secondary N) is 2. The average molecular weight is 308 g/mol. The third-order valence-corrected chi connectivity index (χ3v) is 4.58. The number of carbonyl (C=O) groups excluding carboxylic acids is 2. The lowest BCUT2D eigenvalue weighted by atomic mass is 9.93. The molecule has 1 heterocycles. The number of hydrogen-bond donors (Lipinski definition) is 3. The molecule has 2 amide bonds. The molecule has 3 rings (SSSR count). The predicted octanol–water partition coefficient (Wildman–Crippen LogP) is 0.256. The van der Waals surface area contributed by atoms with Crippen molar-refractivity contribution in [2.24, 2.45) is 5.92 Å². The predicted molar refractivity (Wildman–Crippen MR) is 79.9 cm³/mol. The molecule has 0 unspecified atom stereocenters. The summed E-state index contributed by atoms with van der Waals surface area (Å²) in [4.78, 5) is 23.7. The van der Waals surface area contributed by atoms with Crippen LogP contribution in [0, 0.1) is 5.92 Å². The lowest BCUT2D eigenvalue weighted by Gasteiger charge is -2.32. The van der Waals surface area contributed by atoms with E-state index in [4.69, 9.17) is 4.74 Å². The maximum atomic E-state index is 11.9. The van der Waals surface area contributed by atoms with E-state index in [-0.39, 0.29) is 42.9 Å². The molecule has 0 aromatic carbocycles. The van der Waals surface area contributed by atoms with E-state index in [2.05, 4.69) is 10.6 Å². The zero-order valence-electron chi connectivity index (χ0n) is 12.7. The largest absolute Gasteiger partial charge is 0.394 e. The Bertz CT molecular complexity index is 457. The molecule has 2 saturated carbocycles. The van der Waals surface area contributed by atoms with E-state index in [1.54, 1.807) is 0 Å². The molecule has 0 aromatic heterocycles. The molecule has 0 bridgehead atoms. The zero-order valence-corrected chi connectivity index (χ0v) is 12.7. The van der Waals surface area contributed by atoms with Gasteiger partial charge in [-0.3, -0.25) is 9.59 Å². The number of rotatable bonds is 6. The summed E-state index contributed by atoms with van der Waals surface area (Å²) < 4.78 is 5.74. The van der Waals surface area contributed by atoms with E-state index in [1.807, 2.05) is 12.2 Å². The topological polar surface area (TPSA) is 87.7 Å². The molecule has 2 fully saturated rings. The Morgan fingerprint density at radius 1 is 1.14 bits per heavy atom. The van der Waals surface area contributed by atoms with E-state index < -0.39 is 6.10 Å². The second-order valence-electron chi connectivity index (χ2n) is 6.49. The second kappa shape index (κ2) is 6.79. The molecule has 3 N–H and O–H groups in total. The molecule has 3 aliphatic rings. The van der Waals surface area contributed by atoms with Crippen LogP contribution in [0.25, 0.3) is 0 Å². The van der Waals surface area contributed by atoms with Crippen molar-refractivity contribution in [3.63, 3.8) is 0 Å². The van der Waals surface area contributed by atoms with E-state index in [0.29, 0.717) is 6.04 Å². The lowest BCUT2D eigenvalue weighted by molar-refractivity contribution is -0.129. The highest BCUT2D eigenvalue weighted by Gasteiger charge is 2.34. The molecule has 0 radical (unpaired) electrons. The Labute approximate surface area is 130 Å². The third kappa shape index (κ3) is 3.87. The zero-order chi connectivity index (χ0) is 15.5. The highest BCUT2D eigenvalue weighted by Crippen LogP contribution is 2.29. The molecular weight excluding hydrogens is 284 g/mol. The molecule has 0 spiro atoms. The highest BCUT2D eigenvalue weighted by atomic mass is 16.5. The van der Waals surface area contributed by atoms with Gasteiger partial charge in [0, 0.05) is 12.0 Å². The standard InChI is InChI=1S/C16H24N2O4/c19-9-14-13(18-16(21)10-4-5-10)7-6-12(22-14)8-15(20)17-11-2-1-3-11/h6-7,10-14,19H,1-5,8-9H2,(H,17,20)(H,18,21)/t12-,13-,14-/m0/s1. The summed E-state index contributed by atoms with van der Waals surface area (Å²) in [6, 6.07) is 0.00308. The van der Waals surface area contributed by atoms with Gasteiger partial charge in [-0.25, -0.2) is 0 Å². The Balaban J connectivity index is 1.49. The minimum absolute atomic E-state index is 0.0171. The summed E-state index contributed by atoms with van der Waals surface area (Å²) in [5, 5.41) is 15.3. The number of ether oxygens (including phenoxy) is 1. The summed E-state index contributed by atoms with van der Waals surface area (Å²) in [5.41, 5.74) is 0. The second-order valence-corrected chi connectivity index (χ2v) is 6.49. The molecule has 2 aliphatic carbocycles. The van der Waals surface area contributed by atoms with Crippen molar-refractivity contribution < 1.29 is 19.4 Å². The first-order valence-electron chi connectivity index (χ1n) is 8.20. The normalized spacial score (nSPS) is 31.4. The van der Waals surface area contributed by atoms with Crippen LogP contribution in [-0.4, -0.2) is 47.8 Å². The molecule has 1 aliphatic heterocycles. The Morgan fingerprint density at radius 3 is 2.50 bits per heavy atom. The van der Waals surface area contributed by atoms with Crippen molar-refractivity contribution >= 4 is 11.8 Å². The SMILES string of the molecule is O=C(C[C@@H]1C=C[C@H](NC(=O)C2CC2)[C@H](CO)O1)NC1CCC1. The Hall–Kier alpha value is -1.40. The van der Waals surface area contributed by atoms with Crippen LogP contribution in [-0.2, 0) is 14.3 Å². The number of hydrogen-bond acceptors (Lipinski definition) is 4. The van der Waals surface area contributed by atoms with Crippen molar-refractivity contribution in [2.45, 2.75) is 62.8 Å². The first-order chi connectivity index (χ1) is 10.7. The summed E-state index contributed by atoms with van der Waals surface area (Å²) in [6.07, 6.45) is 8.25. The van der Waals surface area contributed by atoms with Crippen LogP contribution >= 0.6 is 0 Å². The van der Waals surface area contributed by atoms with E-state index >= 15 is 0 Å². The van der Waals surface area contributed by atoms with Crippen molar-refractivity contribution in [3.05, 3.63) is 12.2 Å². The summed E-state index contributed by atoms with van der Waals surface area (Å²) in [7, 11) is 0. The van der Waals surface area contributed by atoms with Crippen LogP contribution in [0.2, 0.25) is 0 Å². The maximum absolute atomic E-state index is 11.9. The monoisotopic (exact) mass is 308 g/mol. The van der Waals surface area contributed by atoms with Gasteiger partial charge in [0.25, 0.3) is 0 Å². The fourth-order valence-corrected chi connectivity index (χ4v) is 2.79. The summed E-state index contributed by atoms with van der Waals surface area (Å²) in [5.74, 6) is 0.133. The quantitative estimate of drug-likeness (QED) is 0.614. The van der Waals surface area contributed by atoms with Crippen molar-refractivity contribution in [3.8, 4) is 0 Å². The van der Waals surface area contributed by atoms with Gasteiger partial charge in [0.2, 0.25) is 11.8 Å². The van der Waals surface area contributed by atoms with Gasteiger partial charge in [-0.05, 0) is 32.1 Å². The number of carbonyl (C=O) groups is 2. The number of aliphatic hydroxyl groups is 1. The smallest absolute Gasteiger partial charge is 0.223 e. The van der Waals surface area contributed by atoms with Gasteiger partial charge in [-0.15, -0.1) is 0 Å². The highest BCUT2D eigenvalue weighted by molar-refractivity contribution is 5.81. The van der Waals surface area contributed by atoms with Gasteiger partial charge >= 0.3 is 0 Å². The summed E-state index contributed by atoms with van der Waals surface area (Å²) >= 11 is 0. The number of aliphatic hydroxyl groups excluding tert-OH is 1. The van der Waals surface area contributed by atoms with E-state index in [9.17, 15) is 14.7 Å². The summed E-state index contributed by atoms with van der Waals surface area (Å²) in [6.45, 7) is -0.180. The van der Waals surface area contributed by atoms with Crippen LogP contribution in [0.5, 0.6) is 0 Å². The molecule has 22 heavy (non-hydrogen) atoms. The number of amides is 2. The Morgan fingerprint density at radius 2 is 1.91 bits per heavy atom. The molecule has 3 atom stereocenters. The fourth-order valence-electron chi connectivity index (χ4n) is 2.79. The van der Waals surface area contributed by atoms with Crippen molar-refractivity contribution in [1.82, 2.24) is 10.6 Å². The first kappa shape index (κ1) is 15.5. The van der Waals surface area contributed by atoms with Crippen LogP contribution < -0.4 is 10.6 Å². The van der Waals surface area contributed by atoms with E-state index in [1.165, 1.54) is 6.42 Å². The van der Waals surface area contributed by atoms with Gasteiger partial charge in [0.1, 0.15) is 6.10 Å². The molecule has 0 aromatic rings. The molecule has 6 nitrogen and oxygen atoms in total.